The van der Waals surface area contributed by atoms with Crippen LogP contribution in [0.15, 0.2) is 58.3 Å². The molecule has 2 aromatic rings. The van der Waals surface area contributed by atoms with Gasteiger partial charge in [0.2, 0.25) is 0 Å². The highest BCUT2D eigenvalue weighted by Gasteiger charge is 2.04. The van der Waals surface area contributed by atoms with Crippen molar-refractivity contribution in [3.63, 3.8) is 0 Å². The van der Waals surface area contributed by atoms with Gasteiger partial charge in [0.1, 0.15) is 5.75 Å². The van der Waals surface area contributed by atoms with Crippen LogP contribution >= 0.6 is 11.8 Å². The lowest BCUT2D eigenvalue weighted by molar-refractivity contribution is 0.0696. The van der Waals surface area contributed by atoms with E-state index in [-0.39, 0.29) is 0 Å². The Hall–Kier alpha value is -1.94. The minimum Gasteiger partial charge on any atom is -0.497 e. The maximum Gasteiger partial charge on any atom is 0.335 e. The van der Waals surface area contributed by atoms with Gasteiger partial charge in [-0.1, -0.05) is 23.9 Å². The van der Waals surface area contributed by atoms with E-state index in [1.807, 2.05) is 30.3 Å². The summed E-state index contributed by atoms with van der Waals surface area (Å²) in [5.41, 5.74) is 0.294. The van der Waals surface area contributed by atoms with Crippen LogP contribution in [0.2, 0.25) is 0 Å². The first-order valence-electron chi connectivity index (χ1n) is 5.34. The molecule has 18 heavy (non-hydrogen) atoms. The number of benzene rings is 2. The molecule has 0 fully saturated rings. The second-order valence-electron chi connectivity index (χ2n) is 3.61. The molecule has 0 radical (unpaired) electrons. The predicted octanol–water partition coefficient (Wildman–Crippen LogP) is 3.54. The van der Waals surface area contributed by atoms with Gasteiger partial charge in [-0.05, 0) is 36.4 Å². The summed E-state index contributed by atoms with van der Waals surface area (Å²) >= 11 is 1.51. The van der Waals surface area contributed by atoms with E-state index in [2.05, 4.69) is 0 Å². The Balaban J connectivity index is 2.22. The number of ether oxygens (including phenoxy) is 1. The van der Waals surface area contributed by atoms with Crippen molar-refractivity contribution in [2.24, 2.45) is 0 Å². The zero-order valence-corrected chi connectivity index (χ0v) is 10.6. The molecule has 0 saturated carbocycles. The minimum absolute atomic E-state index is 0.294. The maximum absolute atomic E-state index is 10.9. The minimum atomic E-state index is -0.914. The van der Waals surface area contributed by atoms with Crippen molar-refractivity contribution in [3.8, 4) is 5.75 Å². The fourth-order valence-corrected chi connectivity index (χ4v) is 2.42. The third-order valence-electron chi connectivity index (χ3n) is 2.36. The first-order chi connectivity index (χ1) is 8.69. The molecule has 0 aliphatic heterocycles. The number of carbonyl (C=O) groups is 1. The van der Waals surface area contributed by atoms with E-state index in [4.69, 9.17) is 9.84 Å². The van der Waals surface area contributed by atoms with Gasteiger partial charge in [0.15, 0.2) is 0 Å². The van der Waals surface area contributed by atoms with Crippen LogP contribution in [0.25, 0.3) is 0 Å². The van der Waals surface area contributed by atoms with Crippen molar-refractivity contribution in [3.05, 3.63) is 54.1 Å². The number of carboxylic acids is 1. The summed E-state index contributed by atoms with van der Waals surface area (Å²) in [5.74, 6) is -0.127. The van der Waals surface area contributed by atoms with Crippen LogP contribution in [0.3, 0.4) is 0 Å². The van der Waals surface area contributed by atoms with E-state index in [9.17, 15) is 4.79 Å². The third kappa shape index (κ3) is 3.05. The standard InChI is InChI=1S/C14H12O3S/c1-17-11-5-3-7-13(9-11)18-12-6-2-4-10(8-12)14(15)16/h2-9H,1H3,(H,15,16). The zero-order chi connectivity index (χ0) is 13.0. The van der Waals surface area contributed by atoms with E-state index in [0.717, 1.165) is 15.5 Å². The fraction of sp³-hybridized carbons (Fsp3) is 0.0714. The first-order valence-corrected chi connectivity index (χ1v) is 6.16. The van der Waals surface area contributed by atoms with Crippen molar-refractivity contribution in [1.29, 1.82) is 0 Å². The summed E-state index contributed by atoms with van der Waals surface area (Å²) in [7, 11) is 1.62. The smallest absolute Gasteiger partial charge is 0.335 e. The Morgan fingerprint density at radius 3 is 2.44 bits per heavy atom. The second-order valence-corrected chi connectivity index (χ2v) is 4.76. The van der Waals surface area contributed by atoms with Crippen LogP contribution in [0, 0.1) is 0 Å². The molecule has 0 saturated heterocycles. The molecule has 0 bridgehead atoms. The number of rotatable bonds is 4. The van der Waals surface area contributed by atoms with Crippen molar-refractivity contribution in [2.45, 2.75) is 9.79 Å². The highest BCUT2D eigenvalue weighted by Crippen LogP contribution is 2.30. The van der Waals surface area contributed by atoms with Gasteiger partial charge in [0.25, 0.3) is 0 Å². The van der Waals surface area contributed by atoms with E-state index in [1.165, 1.54) is 11.8 Å². The molecule has 0 aromatic heterocycles. The SMILES string of the molecule is COc1cccc(Sc2cccc(C(=O)O)c2)c1. The Bertz CT molecular complexity index is 566. The summed E-state index contributed by atoms with van der Waals surface area (Å²) in [6.07, 6.45) is 0. The molecule has 0 aliphatic rings. The van der Waals surface area contributed by atoms with E-state index in [0.29, 0.717) is 5.56 Å². The number of hydrogen-bond donors (Lipinski definition) is 1. The lowest BCUT2D eigenvalue weighted by Crippen LogP contribution is -1.95. The molecule has 3 nitrogen and oxygen atoms in total. The number of methoxy groups -OCH3 is 1. The fourth-order valence-electron chi connectivity index (χ4n) is 1.49. The summed E-state index contributed by atoms with van der Waals surface area (Å²) in [5, 5.41) is 8.93. The number of carboxylic acid groups (broad SMARTS) is 1. The molecular formula is C14H12O3S. The molecule has 0 heterocycles. The molecule has 0 spiro atoms. The van der Waals surface area contributed by atoms with Gasteiger partial charge in [0, 0.05) is 9.79 Å². The molecule has 1 N–H and O–H groups in total. The van der Waals surface area contributed by atoms with Crippen LogP contribution < -0.4 is 4.74 Å². The van der Waals surface area contributed by atoms with Crippen LogP contribution in [0.5, 0.6) is 5.75 Å². The molecule has 0 amide bonds. The van der Waals surface area contributed by atoms with E-state index in [1.54, 1.807) is 25.3 Å². The van der Waals surface area contributed by atoms with Gasteiger partial charge in [0.05, 0.1) is 12.7 Å². The largest absolute Gasteiger partial charge is 0.497 e. The third-order valence-corrected chi connectivity index (χ3v) is 3.34. The molecule has 2 rings (SSSR count). The zero-order valence-electron chi connectivity index (χ0n) is 9.79. The quantitative estimate of drug-likeness (QED) is 0.913. The Kier molecular flexibility index (Phi) is 3.89. The molecule has 0 unspecified atom stereocenters. The average Bonchev–Trinajstić information content (AvgIpc) is 2.39. The van der Waals surface area contributed by atoms with Crippen molar-refractivity contribution >= 4 is 17.7 Å². The summed E-state index contributed by atoms with van der Waals surface area (Å²) in [4.78, 5) is 12.8. The predicted molar refractivity (Wildman–Crippen MR) is 70.5 cm³/mol. The number of aromatic carboxylic acids is 1. The van der Waals surface area contributed by atoms with Crippen LogP contribution in [0.1, 0.15) is 10.4 Å². The van der Waals surface area contributed by atoms with Gasteiger partial charge in [-0.15, -0.1) is 0 Å². The Labute approximate surface area is 109 Å². The Morgan fingerprint density at radius 2 is 1.78 bits per heavy atom. The second kappa shape index (κ2) is 5.60. The van der Waals surface area contributed by atoms with Crippen LogP contribution in [-0.2, 0) is 0 Å². The maximum atomic E-state index is 10.9. The van der Waals surface area contributed by atoms with Gasteiger partial charge in [-0.25, -0.2) is 4.79 Å². The first kappa shape index (κ1) is 12.5. The summed E-state index contributed by atoms with van der Waals surface area (Å²) < 4.78 is 5.15. The van der Waals surface area contributed by atoms with Crippen LogP contribution in [0.4, 0.5) is 0 Å². The highest BCUT2D eigenvalue weighted by molar-refractivity contribution is 7.99. The molecule has 2 aromatic carbocycles. The number of hydrogen-bond acceptors (Lipinski definition) is 3. The van der Waals surface area contributed by atoms with Gasteiger partial charge in [-0.2, -0.15) is 0 Å². The summed E-state index contributed by atoms with van der Waals surface area (Å²) in [6.45, 7) is 0. The molecule has 0 atom stereocenters. The highest BCUT2D eigenvalue weighted by atomic mass is 32.2. The normalized spacial score (nSPS) is 10.1. The molecule has 4 heteroatoms. The van der Waals surface area contributed by atoms with Crippen molar-refractivity contribution in [1.82, 2.24) is 0 Å². The Morgan fingerprint density at radius 1 is 1.11 bits per heavy atom. The monoisotopic (exact) mass is 260 g/mol. The van der Waals surface area contributed by atoms with E-state index >= 15 is 0 Å². The van der Waals surface area contributed by atoms with E-state index < -0.39 is 5.97 Å². The van der Waals surface area contributed by atoms with Crippen molar-refractivity contribution in [2.75, 3.05) is 7.11 Å². The molecule has 0 aliphatic carbocycles. The topological polar surface area (TPSA) is 46.5 Å². The van der Waals surface area contributed by atoms with Gasteiger partial charge in [-0.3, -0.25) is 0 Å². The average molecular weight is 260 g/mol. The summed E-state index contributed by atoms with van der Waals surface area (Å²) in [6, 6.07) is 14.5. The van der Waals surface area contributed by atoms with Crippen LogP contribution in [-0.4, -0.2) is 18.2 Å². The lowest BCUT2D eigenvalue weighted by atomic mass is 10.2. The van der Waals surface area contributed by atoms with Crippen molar-refractivity contribution < 1.29 is 14.6 Å². The lowest BCUT2D eigenvalue weighted by Gasteiger charge is -2.05. The van der Waals surface area contributed by atoms with Gasteiger partial charge >= 0.3 is 5.97 Å². The molecule has 92 valence electrons. The van der Waals surface area contributed by atoms with Gasteiger partial charge < -0.3 is 9.84 Å². The molecular weight excluding hydrogens is 248 g/mol.